The van der Waals surface area contributed by atoms with Crippen molar-refractivity contribution in [1.29, 1.82) is 0 Å². The summed E-state index contributed by atoms with van der Waals surface area (Å²) in [5, 5.41) is 8.54. The number of nitrogens with zero attached hydrogens (tertiary/aromatic N) is 1. The van der Waals surface area contributed by atoms with Crippen LogP contribution in [0, 0.1) is 0 Å². The highest BCUT2D eigenvalue weighted by molar-refractivity contribution is 5.85. The van der Waals surface area contributed by atoms with Crippen molar-refractivity contribution in [3.63, 3.8) is 0 Å². The van der Waals surface area contributed by atoms with Crippen molar-refractivity contribution >= 4 is 18.4 Å². The Balaban J connectivity index is 0.00000256. The lowest BCUT2D eigenvalue weighted by Crippen LogP contribution is -2.46. The Kier molecular flexibility index (Phi) is 8.56. The van der Waals surface area contributed by atoms with E-state index in [9.17, 15) is 4.79 Å². The van der Waals surface area contributed by atoms with E-state index in [4.69, 9.17) is 9.84 Å². The van der Waals surface area contributed by atoms with Gasteiger partial charge in [-0.15, -0.1) is 12.4 Å². The van der Waals surface area contributed by atoms with Crippen molar-refractivity contribution in [2.24, 2.45) is 0 Å². The van der Waals surface area contributed by atoms with E-state index in [-0.39, 0.29) is 18.8 Å². The van der Waals surface area contributed by atoms with Crippen LogP contribution in [0.4, 0.5) is 0 Å². The Labute approximate surface area is 110 Å². The minimum absolute atomic E-state index is 0. The van der Waals surface area contributed by atoms with E-state index in [2.05, 4.69) is 18.7 Å². The van der Waals surface area contributed by atoms with Gasteiger partial charge < -0.3 is 9.84 Å². The highest BCUT2D eigenvalue weighted by atomic mass is 35.5. The van der Waals surface area contributed by atoms with Crippen molar-refractivity contribution in [2.75, 3.05) is 19.6 Å². The molecule has 102 valence electrons. The monoisotopic (exact) mass is 265 g/mol. The van der Waals surface area contributed by atoms with E-state index in [0.29, 0.717) is 12.2 Å². The second-order valence-electron chi connectivity index (χ2n) is 4.59. The Morgan fingerprint density at radius 3 is 2.71 bits per heavy atom. The molecule has 2 unspecified atom stereocenters. The number of hydrogen-bond donors (Lipinski definition) is 1. The fraction of sp³-hybridized carbons (Fsp3) is 0.917. The summed E-state index contributed by atoms with van der Waals surface area (Å²) in [6.45, 7) is 7.21. The zero-order valence-corrected chi connectivity index (χ0v) is 11.5. The van der Waals surface area contributed by atoms with E-state index in [1.807, 2.05) is 0 Å². The predicted octanol–water partition coefficient (Wildman–Crippen LogP) is 2.16. The predicted molar refractivity (Wildman–Crippen MR) is 69.8 cm³/mol. The molecule has 0 spiro atoms. The molecule has 1 heterocycles. The highest BCUT2D eigenvalue weighted by Crippen LogP contribution is 2.14. The molecule has 1 fully saturated rings. The third-order valence-electron chi connectivity index (χ3n) is 2.97. The number of halogens is 1. The molecule has 1 aliphatic rings. The number of hydrogen-bond acceptors (Lipinski definition) is 3. The average Bonchev–Trinajstić information content (AvgIpc) is 2.23. The Bertz CT molecular complexity index is 226. The molecular formula is C12H24ClNO3. The van der Waals surface area contributed by atoms with Crippen LogP contribution in [0.3, 0.4) is 0 Å². The minimum atomic E-state index is -0.693. The quantitative estimate of drug-likeness (QED) is 0.748. The number of morpholine rings is 1. The fourth-order valence-electron chi connectivity index (χ4n) is 2.16. The maximum atomic E-state index is 10.4. The molecule has 0 radical (unpaired) electrons. The topological polar surface area (TPSA) is 49.8 Å². The minimum Gasteiger partial charge on any atom is -0.481 e. The molecule has 2 atom stereocenters. The molecule has 0 aromatic rings. The number of unbranched alkanes of at least 4 members (excludes halogenated alkanes) is 1. The number of ether oxygens (including phenoxy) is 1. The van der Waals surface area contributed by atoms with Crippen LogP contribution in [0.25, 0.3) is 0 Å². The Hall–Kier alpha value is -0.320. The highest BCUT2D eigenvalue weighted by Gasteiger charge is 2.23. The normalized spacial score (nSPS) is 25.3. The van der Waals surface area contributed by atoms with Crippen molar-refractivity contribution in [3.05, 3.63) is 0 Å². The smallest absolute Gasteiger partial charge is 0.303 e. The van der Waals surface area contributed by atoms with Gasteiger partial charge in [-0.2, -0.15) is 0 Å². The van der Waals surface area contributed by atoms with Crippen LogP contribution in [0.15, 0.2) is 0 Å². The summed E-state index contributed by atoms with van der Waals surface area (Å²) in [7, 11) is 0. The summed E-state index contributed by atoms with van der Waals surface area (Å²) >= 11 is 0. The summed E-state index contributed by atoms with van der Waals surface area (Å²) in [5.74, 6) is -0.693. The molecule has 1 N–H and O–H groups in total. The van der Waals surface area contributed by atoms with Gasteiger partial charge in [0.15, 0.2) is 0 Å². The second kappa shape index (κ2) is 8.72. The number of carboxylic acid groups (broad SMARTS) is 1. The molecule has 0 amide bonds. The van der Waals surface area contributed by atoms with Crippen molar-refractivity contribution < 1.29 is 14.6 Å². The molecular weight excluding hydrogens is 242 g/mol. The largest absolute Gasteiger partial charge is 0.481 e. The maximum absolute atomic E-state index is 10.4. The van der Waals surface area contributed by atoms with Gasteiger partial charge in [-0.1, -0.05) is 6.92 Å². The van der Waals surface area contributed by atoms with Gasteiger partial charge >= 0.3 is 5.97 Å². The van der Waals surface area contributed by atoms with Crippen molar-refractivity contribution in [2.45, 2.75) is 51.7 Å². The molecule has 17 heavy (non-hydrogen) atoms. The number of aliphatic carboxylic acids is 1. The molecule has 1 saturated heterocycles. The molecule has 1 rings (SSSR count). The van der Waals surface area contributed by atoms with E-state index < -0.39 is 5.97 Å². The zero-order valence-electron chi connectivity index (χ0n) is 10.7. The van der Waals surface area contributed by atoms with Gasteiger partial charge in [0.1, 0.15) is 0 Å². The number of carbonyl (C=O) groups is 1. The van der Waals surface area contributed by atoms with Crippen molar-refractivity contribution in [1.82, 2.24) is 4.90 Å². The van der Waals surface area contributed by atoms with E-state index in [1.165, 1.54) is 0 Å². The summed E-state index contributed by atoms with van der Waals surface area (Å²) in [5.41, 5.74) is 0. The first-order valence-corrected chi connectivity index (χ1v) is 6.21. The van der Waals surface area contributed by atoms with Gasteiger partial charge in [0.2, 0.25) is 0 Å². The summed E-state index contributed by atoms with van der Waals surface area (Å²) in [6.07, 6.45) is 3.74. The van der Waals surface area contributed by atoms with E-state index in [0.717, 1.165) is 38.9 Å². The van der Waals surface area contributed by atoms with Crippen LogP contribution in [-0.2, 0) is 9.53 Å². The molecule has 4 nitrogen and oxygen atoms in total. The molecule has 5 heteroatoms. The average molecular weight is 266 g/mol. The Morgan fingerprint density at radius 2 is 2.12 bits per heavy atom. The Morgan fingerprint density at radius 1 is 1.41 bits per heavy atom. The molecule has 0 aromatic carbocycles. The summed E-state index contributed by atoms with van der Waals surface area (Å²) in [4.78, 5) is 12.8. The molecule has 0 aromatic heterocycles. The SMILES string of the molecule is CCC1CN(CCCCC(=O)O)CC(C)O1.Cl. The first-order chi connectivity index (χ1) is 7.61. The zero-order chi connectivity index (χ0) is 12.0. The maximum Gasteiger partial charge on any atom is 0.303 e. The van der Waals surface area contributed by atoms with Gasteiger partial charge in [0, 0.05) is 19.5 Å². The van der Waals surface area contributed by atoms with Crippen molar-refractivity contribution in [3.8, 4) is 0 Å². The lowest BCUT2D eigenvalue weighted by Gasteiger charge is -2.36. The molecule has 0 bridgehead atoms. The fourth-order valence-corrected chi connectivity index (χ4v) is 2.16. The van der Waals surface area contributed by atoms with Gasteiger partial charge in [0.05, 0.1) is 12.2 Å². The van der Waals surface area contributed by atoms with Crippen LogP contribution in [-0.4, -0.2) is 47.8 Å². The van der Waals surface area contributed by atoms with Gasteiger partial charge in [0.25, 0.3) is 0 Å². The first-order valence-electron chi connectivity index (χ1n) is 6.21. The van der Waals surface area contributed by atoms with E-state index >= 15 is 0 Å². The lowest BCUT2D eigenvalue weighted by molar-refractivity contribution is -0.137. The molecule has 0 saturated carbocycles. The van der Waals surface area contributed by atoms with Gasteiger partial charge in [-0.25, -0.2) is 0 Å². The molecule has 1 aliphatic heterocycles. The standard InChI is InChI=1S/C12H23NO3.ClH/c1-3-11-9-13(8-10(2)16-11)7-5-4-6-12(14)15;/h10-11H,3-9H2,1-2H3,(H,14,15);1H. The van der Waals surface area contributed by atoms with Gasteiger partial charge in [-0.3, -0.25) is 9.69 Å². The summed E-state index contributed by atoms with van der Waals surface area (Å²) < 4.78 is 5.77. The molecule has 0 aliphatic carbocycles. The van der Waals surface area contributed by atoms with Gasteiger partial charge in [-0.05, 0) is 32.7 Å². The summed E-state index contributed by atoms with van der Waals surface area (Å²) in [6, 6.07) is 0. The first kappa shape index (κ1) is 16.7. The van der Waals surface area contributed by atoms with E-state index in [1.54, 1.807) is 0 Å². The third kappa shape index (κ3) is 6.86. The second-order valence-corrected chi connectivity index (χ2v) is 4.59. The van der Waals surface area contributed by atoms with Crippen LogP contribution < -0.4 is 0 Å². The van der Waals surface area contributed by atoms with Crippen LogP contribution in [0.1, 0.15) is 39.5 Å². The van der Waals surface area contributed by atoms with Crippen LogP contribution in [0.5, 0.6) is 0 Å². The number of carboxylic acids is 1. The van der Waals surface area contributed by atoms with Crippen LogP contribution in [0.2, 0.25) is 0 Å². The number of rotatable bonds is 6. The third-order valence-corrected chi connectivity index (χ3v) is 2.97. The van der Waals surface area contributed by atoms with Crippen LogP contribution >= 0.6 is 12.4 Å². The lowest BCUT2D eigenvalue weighted by atomic mass is 10.1.